The molecule has 0 spiro atoms. The average Bonchev–Trinajstić information content (AvgIpc) is 2.48. The zero-order chi connectivity index (χ0) is 15.9. The van der Waals surface area contributed by atoms with Crippen LogP contribution in [0.2, 0.25) is 0 Å². The molecule has 0 aromatic carbocycles. The summed E-state index contributed by atoms with van der Waals surface area (Å²) in [4.78, 5) is 14.6. The van der Waals surface area contributed by atoms with E-state index in [0.29, 0.717) is 35.9 Å². The van der Waals surface area contributed by atoms with Gasteiger partial charge >= 0.3 is 5.97 Å². The van der Waals surface area contributed by atoms with E-state index >= 15 is 0 Å². The molecule has 5 N–H and O–H groups in total. The van der Waals surface area contributed by atoms with Crippen molar-refractivity contribution in [1.82, 2.24) is 15.8 Å². The van der Waals surface area contributed by atoms with Crippen molar-refractivity contribution in [2.45, 2.75) is 32.4 Å². The molecule has 0 aliphatic carbocycles. The van der Waals surface area contributed by atoms with Gasteiger partial charge in [0.25, 0.3) is 0 Å². The van der Waals surface area contributed by atoms with Gasteiger partial charge in [-0.1, -0.05) is 0 Å². The quantitative estimate of drug-likeness (QED) is 0.456. The molecule has 9 nitrogen and oxygen atoms in total. The van der Waals surface area contributed by atoms with Gasteiger partial charge in [0, 0.05) is 6.42 Å². The third-order valence-corrected chi connectivity index (χ3v) is 2.87. The van der Waals surface area contributed by atoms with E-state index in [1.807, 2.05) is 0 Å². The standard InChI is InChI=1S/C13H18N6O3/c1-8-16-18-13(19-17-8)10-6-5-9(7-14-10)15-11(20)3-2-4-12(21)22/h5-7,11,15,20H,2-4H2,1H3,(H,16,17)(H,18,19)(H,21,22). The van der Waals surface area contributed by atoms with Crippen molar-refractivity contribution >= 4 is 23.3 Å². The van der Waals surface area contributed by atoms with Gasteiger partial charge in [0.15, 0.2) is 5.84 Å². The minimum Gasteiger partial charge on any atom is -0.481 e. The lowest BCUT2D eigenvalue weighted by Gasteiger charge is -2.15. The number of nitrogens with one attached hydrogen (secondary N) is 3. The first kappa shape index (κ1) is 15.7. The minimum absolute atomic E-state index is 0.0361. The number of carboxylic acids is 1. The summed E-state index contributed by atoms with van der Waals surface area (Å²) in [6.45, 7) is 1.78. The first-order chi connectivity index (χ1) is 10.5. The normalized spacial score (nSPS) is 15.0. The van der Waals surface area contributed by atoms with E-state index in [-0.39, 0.29) is 6.42 Å². The highest BCUT2D eigenvalue weighted by Crippen LogP contribution is 2.10. The van der Waals surface area contributed by atoms with Gasteiger partial charge in [0.1, 0.15) is 17.8 Å². The van der Waals surface area contributed by atoms with Gasteiger partial charge in [-0.05, 0) is 31.9 Å². The minimum atomic E-state index is -0.870. The number of aliphatic hydroxyl groups is 1. The Hall–Kier alpha value is -2.68. The van der Waals surface area contributed by atoms with Crippen LogP contribution in [0.25, 0.3) is 0 Å². The number of carbonyl (C=O) groups is 1. The van der Waals surface area contributed by atoms with Crippen molar-refractivity contribution in [2.24, 2.45) is 10.2 Å². The van der Waals surface area contributed by atoms with Gasteiger partial charge in [-0.15, -0.1) is 0 Å². The molecule has 0 bridgehead atoms. The second-order valence-electron chi connectivity index (χ2n) is 4.76. The van der Waals surface area contributed by atoms with Gasteiger partial charge in [-0.25, -0.2) is 0 Å². The summed E-state index contributed by atoms with van der Waals surface area (Å²) < 4.78 is 0. The number of anilines is 1. The topological polar surface area (TPSA) is 131 Å². The van der Waals surface area contributed by atoms with E-state index in [9.17, 15) is 9.90 Å². The summed E-state index contributed by atoms with van der Waals surface area (Å²) in [5.41, 5.74) is 6.75. The number of nitrogens with zero attached hydrogens (tertiary/aromatic N) is 3. The van der Waals surface area contributed by atoms with Crippen molar-refractivity contribution in [3.63, 3.8) is 0 Å². The highest BCUT2D eigenvalue weighted by atomic mass is 16.4. The van der Waals surface area contributed by atoms with Gasteiger partial charge in [-0.2, -0.15) is 10.2 Å². The van der Waals surface area contributed by atoms with Crippen molar-refractivity contribution in [2.75, 3.05) is 5.32 Å². The second kappa shape index (κ2) is 7.36. The molecule has 1 atom stereocenters. The van der Waals surface area contributed by atoms with Crippen LogP contribution in [0.1, 0.15) is 31.9 Å². The molecule has 22 heavy (non-hydrogen) atoms. The van der Waals surface area contributed by atoms with E-state index in [0.717, 1.165) is 0 Å². The predicted molar refractivity (Wildman–Crippen MR) is 81.3 cm³/mol. The fourth-order valence-corrected chi connectivity index (χ4v) is 1.77. The zero-order valence-electron chi connectivity index (χ0n) is 12.1. The molecule has 1 aromatic heterocycles. The number of rotatable bonds is 7. The molecule has 118 valence electrons. The van der Waals surface area contributed by atoms with Crippen molar-refractivity contribution in [3.8, 4) is 0 Å². The van der Waals surface area contributed by atoms with E-state index in [1.54, 1.807) is 25.3 Å². The fourth-order valence-electron chi connectivity index (χ4n) is 1.77. The molecule has 1 aromatic rings. The molecular weight excluding hydrogens is 288 g/mol. The maximum atomic E-state index is 10.4. The van der Waals surface area contributed by atoms with E-state index in [1.165, 1.54) is 0 Å². The maximum Gasteiger partial charge on any atom is 0.303 e. The van der Waals surface area contributed by atoms with Crippen LogP contribution in [-0.2, 0) is 4.79 Å². The molecule has 1 aliphatic heterocycles. The summed E-state index contributed by atoms with van der Waals surface area (Å²) in [6, 6.07) is 3.48. The Kier molecular flexibility index (Phi) is 5.26. The molecule has 0 saturated heterocycles. The molecule has 0 amide bonds. The Balaban J connectivity index is 1.85. The summed E-state index contributed by atoms with van der Waals surface area (Å²) in [6.07, 6.45) is 1.53. The lowest BCUT2D eigenvalue weighted by molar-refractivity contribution is -0.137. The van der Waals surface area contributed by atoms with Gasteiger partial charge < -0.3 is 15.5 Å². The van der Waals surface area contributed by atoms with Crippen LogP contribution in [0.3, 0.4) is 0 Å². The van der Waals surface area contributed by atoms with Crippen LogP contribution < -0.4 is 16.2 Å². The third kappa shape index (κ3) is 4.70. The van der Waals surface area contributed by atoms with Gasteiger partial charge in [0.2, 0.25) is 0 Å². The van der Waals surface area contributed by atoms with E-state index in [2.05, 4.69) is 31.4 Å². The largest absolute Gasteiger partial charge is 0.481 e. The molecular formula is C13H18N6O3. The molecule has 2 rings (SSSR count). The first-order valence-corrected chi connectivity index (χ1v) is 6.81. The number of aromatic nitrogens is 1. The molecule has 1 aliphatic rings. The number of amidine groups is 2. The Morgan fingerprint density at radius 3 is 2.77 bits per heavy atom. The Bertz CT molecular complexity index is 584. The van der Waals surface area contributed by atoms with E-state index < -0.39 is 12.2 Å². The van der Waals surface area contributed by atoms with Crippen LogP contribution >= 0.6 is 0 Å². The Morgan fingerprint density at radius 1 is 1.36 bits per heavy atom. The van der Waals surface area contributed by atoms with Crippen LogP contribution in [0, 0.1) is 0 Å². The summed E-state index contributed by atoms with van der Waals surface area (Å²) >= 11 is 0. The van der Waals surface area contributed by atoms with Crippen molar-refractivity contribution in [3.05, 3.63) is 24.0 Å². The third-order valence-electron chi connectivity index (χ3n) is 2.87. The molecule has 0 fully saturated rings. The number of carboxylic acid groups (broad SMARTS) is 1. The van der Waals surface area contributed by atoms with Crippen LogP contribution in [0.15, 0.2) is 28.5 Å². The highest BCUT2D eigenvalue weighted by Gasteiger charge is 2.10. The Labute approximate surface area is 127 Å². The van der Waals surface area contributed by atoms with Crippen LogP contribution in [0.5, 0.6) is 0 Å². The number of hydrazone groups is 2. The fraction of sp³-hybridized carbons (Fsp3) is 0.385. The molecule has 0 radical (unpaired) electrons. The number of aliphatic carboxylic acids is 1. The van der Waals surface area contributed by atoms with Crippen LogP contribution in [-0.4, -0.2) is 39.1 Å². The highest BCUT2D eigenvalue weighted by molar-refractivity contribution is 6.00. The maximum absolute atomic E-state index is 10.4. The van der Waals surface area contributed by atoms with E-state index in [4.69, 9.17) is 5.11 Å². The summed E-state index contributed by atoms with van der Waals surface area (Å²) in [5, 5.41) is 29.2. The van der Waals surface area contributed by atoms with Gasteiger partial charge in [-0.3, -0.25) is 20.6 Å². The van der Waals surface area contributed by atoms with Crippen molar-refractivity contribution < 1.29 is 15.0 Å². The number of hydrogen-bond acceptors (Lipinski definition) is 8. The second-order valence-corrected chi connectivity index (χ2v) is 4.76. The molecule has 2 heterocycles. The molecule has 1 unspecified atom stereocenters. The summed E-state index contributed by atoms with van der Waals surface area (Å²) in [7, 11) is 0. The van der Waals surface area contributed by atoms with Crippen LogP contribution in [0.4, 0.5) is 5.69 Å². The predicted octanol–water partition coefficient (Wildman–Crippen LogP) is 0.255. The zero-order valence-corrected chi connectivity index (χ0v) is 12.1. The smallest absolute Gasteiger partial charge is 0.303 e. The molecule has 9 heteroatoms. The Morgan fingerprint density at radius 2 is 2.18 bits per heavy atom. The SMILES string of the molecule is CC1=NNC(c2ccc(NC(O)CCCC(=O)O)cn2)=NN1. The number of pyridine rings is 1. The average molecular weight is 306 g/mol. The summed E-state index contributed by atoms with van der Waals surface area (Å²) in [5.74, 6) is 0.288. The monoisotopic (exact) mass is 306 g/mol. The number of hydrogen-bond donors (Lipinski definition) is 5. The van der Waals surface area contributed by atoms with Gasteiger partial charge in [0.05, 0.1) is 11.9 Å². The van der Waals surface area contributed by atoms with Crippen molar-refractivity contribution in [1.29, 1.82) is 0 Å². The number of aliphatic hydroxyl groups excluding tert-OH is 1. The molecule has 0 saturated carbocycles. The lowest BCUT2D eigenvalue weighted by Crippen LogP contribution is -2.32. The lowest BCUT2D eigenvalue weighted by atomic mass is 10.2. The first-order valence-electron chi connectivity index (χ1n) is 6.81.